The molecule has 0 saturated carbocycles. The molecule has 0 spiro atoms. The Morgan fingerprint density at radius 1 is 0.435 bits per heavy atom. The largest absolute Gasteiger partial charge is 0.292 e. The topological polar surface area (TPSA) is 17.8 Å². The molecule has 3 heteroatoms. The van der Waals surface area contributed by atoms with Crippen molar-refractivity contribution in [3.8, 4) is 50.5 Å². The second kappa shape index (κ2) is 11.0. The first kappa shape index (κ1) is 26.6. The van der Waals surface area contributed by atoms with Gasteiger partial charge in [0, 0.05) is 31.4 Å². The fourth-order valence-electron chi connectivity index (χ4n) is 6.74. The predicted octanol–water partition coefficient (Wildman–Crippen LogP) is 12.1. The van der Waals surface area contributed by atoms with Crippen molar-refractivity contribution in [2.75, 3.05) is 0 Å². The van der Waals surface area contributed by atoms with E-state index in [1.54, 1.807) is 0 Å². The van der Waals surface area contributed by atoms with Crippen LogP contribution in [0.15, 0.2) is 170 Å². The molecule has 0 radical (unpaired) electrons. The van der Waals surface area contributed by atoms with Gasteiger partial charge in [0.1, 0.15) is 5.82 Å². The standard InChI is InChI=1S/C43H28N2S/c1-3-14-29(15-4-1)32-18-7-8-19-34(32)38-28-30(33-21-13-22-36-35-20-9-12-25-41(35)46-42(33)36)26-27-37(38)43-44-39-23-10-11-24-40(39)45(43)31-16-5-2-6-17-31/h1-28H. The van der Waals surface area contributed by atoms with Gasteiger partial charge in [0.25, 0.3) is 0 Å². The van der Waals surface area contributed by atoms with Crippen LogP contribution in [0.5, 0.6) is 0 Å². The summed E-state index contributed by atoms with van der Waals surface area (Å²) in [5, 5.41) is 2.62. The zero-order valence-corrected chi connectivity index (χ0v) is 25.8. The number of para-hydroxylation sites is 3. The molecule has 0 fully saturated rings. The molecule has 0 amide bonds. The second-order valence-electron chi connectivity index (χ2n) is 11.5. The van der Waals surface area contributed by atoms with Gasteiger partial charge < -0.3 is 0 Å². The summed E-state index contributed by atoms with van der Waals surface area (Å²) in [5.74, 6) is 0.928. The van der Waals surface area contributed by atoms with Gasteiger partial charge in [-0.15, -0.1) is 11.3 Å². The van der Waals surface area contributed by atoms with Gasteiger partial charge in [-0.3, -0.25) is 4.57 Å². The van der Waals surface area contributed by atoms with Crippen LogP contribution in [0.2, 0.25) is 0 Å². The highest BCUT2D eigenvalue weighted by atomic mass is 32.1. The average molecular weight is 605 g/mol. The molecule has 46 heavy (non-hydrogen) atoms. The number of hydrogen-bond acceptors (Lipinski definition) is 2. The van der Waals surface area contributed by atoms with E-state index in [1.807, 2.05) is 11.3 Å². The molecule has 0 N–H and O–H groups in total. The van der Waals surface area contributed by atoms with Crippen LogP contribution in [-0.4, -0.2) is 9.55 Å². The lowest BCUT2D eigenvalue weighted by Crippen LogP contribution is -1.99. The molecular formula is C43H28N2S. The number of nitrogens with zero attached hydrogens (tertiary/aromatic N) is 2. The van der Waals surface area contributed by atoms with E-state index < -0.39 is 0 Å². The van der Waals surface area contributed by atoms with Gasteiger partial charge in [-0.1, -0.05) is 127 Å². The quantitative estimate of drug-likeness (QED) is 0.191. The zero-order chi connectivity index (χ0) is 30.5. The number of hydrogen-bond donors (Lipinski definition) is 0. The molecule has 9 rings (SSSR count). The molecule has 2 nitrogen and oxygen atoms in total. The van der Waals surface area contributed by atoms with E-state index >= 15 is 0 Å². The summed E-state index contributed by atoms with van der Waals surface area (Å²) < 4.78 is 4.93. The monoisotopic (exact) mass is 604 g/mol. The van der Waals surface area contributed by atoms with Crippen LogP contribution < -0.4 is 0 Å². The fraction of sp³-hybridized carbons (Fsp3) is 0. The summed E-state index contributed by atoms with van der Waals surface area (Å²) in [7, 11) is 0. The predicted molar refractivity (Wildman–Crippen MR) is 196 cm³/mol. The molecule has 7 aromatic carbocycles. The SMILES string of the molecule is c1ccc(-c2ccccc2-c2cc(-c3cccc4c3sc3ccccc34)ccc2-c2nc3ccccc3n2-c2ccccc2)cc1. The van der Waals surface area contributed by atoms with Gasteiger partial charge >= 0.3 is 0 Å². The normalized spacial score (nSPS) is 11.5. The number of rotatable bonds is 5. The van der Waals surface area contributed by atoms with E-state index in [9.17, 15) is 0 Å². The molecule has 0 unspecified atom stereocenters. The molecule has 2 heterocycles. The number of aromatic nitrogens is 2. The summed E-state index contributed by atoms with van der Waals surface area (Å²) in [6, 6.07) is 60.8. The summed E-state index contributed by atoms with van der Waals surface area (Å²) in [6.45, 7) is 0. The van der Waals surface area contributed by atoms with Crippen molar-refractivity contribution in [3.63, 3.8) is 0 Å². The second-order valence-corrected chi connectivity index (χ2v) is 12.6. The minimum atomic E-state index is 0.928. The Bertz CT molecular complexity index is 2520. The molecule has 0 aliphatic rings. The van der Waals surface area contributed by atoms with Crippen LogP contribution in [0.3, 0.4) is 0 Å². The van der Waals surface area contributed by atoms with Crippen molar-refractivity contribution in [3.05, 3.63) is 170 Å². The lowest BCUT2D eigenvalue weighted by atomic mass is 9.89. The Balaban J connectivity index is 1.35. The third-order valence-corrected chi connectivity index (χ3v) is 10.1. The Kier molecular flexibility index (Phi) is 6.36. The van der Waals surface area contributed by atoms with Gasteiger partial charge in [0.05, 0.1) is 11.0 Å². The van der Waals surface area contributed by atoms with Crippen molar-refractivity contribution in [1.82, 2.24) is 9.55 Å². The van der Waals surface area contributed by atoms with E-state index in [2.05, 4.69) is 174 Å². The lowest BCUT2D eigenvalue weighted by Gasteiger charge is -2.18. The van der Waals surface area contributed by atoms with Gasteiger partial charge in [-0.05, 0) is 75.8 Å². The van der Waals surface area contributed by atoms with Crippen molar-refractivity contribution < 1.29 is 0 Å². The van der Waals surface area contributed by atoms with Crippen LogP contribution in [-0.2, 0) is 0 Å². The van der Waals surface area contributed by atoms with Crippen molar-refractivity contribution in [1.29, 1.82) is 0 Å². The summed E-state index contributed by atoms with van der Waals surface area (Å²) >= 11 is 1.87. The third-order valence-electron chi connectivity index (χ3n) is 8.85. The van der Waals surface area contributed by atoms with E-state index in [4.69, 9.17) is 4.98 Å². The van der Waals surface area contributed by atoms with Crippen LogP contribution in [0, 0.1) is 0 Å². The number of thiophene rings is 1. The first-order chi connectivity index (χ1) is 22.8. The molecule has 9 aromatic rings. The molecule has 2 aromatic heterocycles. The smallest absolute Gasteiger partial charge is 0.146 e. The average Bonchev–Trinajstić information content (AvgIpc) is 3.71. The molecule has 0 atom stereocenters. The number of benzene rings is 7. The highest BCUT2D eigenvalue weighted by Gasteiger charge is 2.21. The van der Waals surface area contributed by atoms with E-state index in [0.717, 1.165) is 33.7 Å². The molecule has 216 valence electrons. The number of imidazole rings is 1. The highest BCUT2D eigenvalue weighted by molar-refractivity contribution is 7.26. The molecule has 0 bridgehead atoms. The minimum Gasteiger partial charge on any atom is -0.292 e. The van der Waals surface area contributed by atoms with Gasteiger partial charge in [-0.25, -0.2) is 4.98 Å². The maximum Gasteiger partial charge on any atom is 0.146 e. The van der Waals surface area contributed by atoms with Gasteiger partial charge in [0.2, 0.25) is 0 Å². The third kappa shape index (κ3) is 4.36. The molecule has 0 aliphatic heterocycles. The van der Waals surface area contributed by atoms with E-state index in [1.165, 1.54) is 48.0 Å². The van der Waals surface area contributed by atoms with Gasteiger partial charge in [0.15, 0.2) is 0 Å². The lowest BCUT2D eigenvalue weighted by molar-refractivity contribution is 1.10. The molecule has 0 aliphatic carbocycles. The van der Waals surface area contributed by atoms with E-state index in [-0.39, 0.29) is 0 Å². The summed E-state index contributed by atoms with van der Waals surface area (Å²) in [6.07, 6.45) is 0. The first-order valence-corrected chi connectivity index (χ1v) is 16.4. The number of fused-ring (bicyclic) bond motifs is 4. The maximum atomic E-state index is 5.29. The van der Waals surface area contributed by atoms with Crippen LogP contribution in [0.4, 0.5) is 0 Å². The maximum absolute atomic E-state index is 5.29. The fourth-order valence-corrected chi connectivity index (χ4v) is 7.97. The van der Waals surface area contributed by atoms with Crippen LogP contribution >= 0.6 is 11.3 Å². The molecular weight excluding hydrogens is 577 g/mol. The Labute approximate surface area is 271 Å². The summed E-state index contributed by atoms with van der Waals surface area (Å²) in [4.78, 5) is 5.29. The van der Waals surface area contributed by atoms with Gasteiger partial charge in [-0.2, -0.15) is 0 Å². The Morgan fingerprint density at radius 2 is 1.11 bits per heavy atom. The van der Waals surface area contributed by atoms with E-state index in [0.29, 0.717) is 0 Å². The minimum absolute atomic E-state index is 0.928. The molecule has 0 saturated heterocycles. The summed E-state index contributed by atoms with van der Waals surface area (Å²) in [5.41, 5.74) is 11.4. The highest BCUT2D eigenvalue weighted by Crippen LogP contribution is 2.44. The Morgan fingerprint density at radius 3 is 1.98 bits per heavy atom. The van der Waals surface area contributed by atoms with Crippen LogP contribution in [0.1, 0.15) is 0 Å². The van der Waals surface area contributed by atoms with Crippen molar-refractivity contribution in [2.24, 2.45) is 0 Å². The van der Waals surface area contributed by atoms with Crippen LogP contribution in [0.25, 0.3) is 81.7 Å². The first-order valence-electron chi connectivity index (χ1n) is 15.6. The van der Waals surface area contributed by atoms with Crippen molar-refractivity contribution in [2.45, 2.75) is 0 Å². The van der Waals surface area contributed by atoms with Crippen molar-refractivity contribution >= 4 is 42.5 Å². The zero-order valence-electron chi connectivity index (χ0n) is 25.0. The Hall–Kier alpha value is -5.77.